The number of nitrogens with two attached hydrogens (primary N) is 1. The van der Waals surface area contributed by atoms with Gasteiger partial charge in [0.05, 0.1) is 24.7 Å². The van der Waals surface area contributed by atoms with E-state index in [0.29, 0.717) is 5.56 Å². The van der Waals surface area contributed by atoms with Gasteiger partial charge in [0.1, 0.15) is 5.82 Å². The van der Waals surface area contributed by atoms with Gasteiger partial charge >= 0.3 is 0 Å². The van der Waals surface area contributed by atoms with E-state index in [2.05, 4.69) is 5.32 Å². The molecule has 6 nitrogen and oxygen atoms in total. The van der Waals surface area contributed by atoms with Gasteiger partial charge in [0, 0.05) is 19.2 Å². The Morgan fingerprint density at radius 1 is 1.50 bits per heavy atom. The largest absolute Gasteiger partial charge is 0.346 e. The molecule has 1 aromatic carbocycles. The molecule has 0 bridgehead atoms. The minimum Gasteiger partial charge on any atom is -0.346 e. The Kier molecular flexibility index (Phi) is 5.62. The number of nitriles is 1. The molecule has 1 rings (SSSR count). The molecule has 0 fully saturated rings. The smallest absolute Gasteiger partial charge is 0.242 e. The zero-order chi connectivity index (χ0) is 15.1. The van der Waals surface area contributed by atoms with Crippen LogP contribution in [0.4, 0.5) is 4.39 Å². The van der Waals surface area contributed by atoms with Crippen LogP contribution in [-0.4, -0.2) is 36.9 Å². The Labute approximate surface area is 116 Å². The Hall–Kier alpha value is -2.46. The summed E-state index contributed by atoms with van der Waals surface area (Å²) in [5.74, 6) is -1.31. The summed E-state index contributed by atoms with van der Waals surface area (Å²) in [5.41, 5.74) is 5.65. The highest BCUT2D eigenvalue weighted by molar-refractivity contribution is 5.85. The van der Waals surface area contributed by atoms with Crippen molar-refractivity contribution in [2.75, 3.05) is 20.1 Å². The maximum Gasteiger partial charge on any atom is 0.242 e. The highest BCUT2D eigenvalue weighted by Gasteiger charge is 2.13. The summed E-state index contributed by atoms with van der Waals surface area (Å²) in [4.78, 5) is 23.9. The predicted octanol–water partition coefficient (Wildman–Crippen LogP) is -0.269. The Bertz CT molecular complexity index is 554. The summed E-state index contributed by atoms with van der Waals surface area (Å²) in [6, 6.07) is 5.84. The molecule has 0 unspecified atom stereocenters. The van der Waals surface area contributed by atoms with Crippen molar-refractivity contribution in [1.29, 1.82) is 5.26 Å². The van der Waals surface area contributed by atoms with Crippen molar-refractivity contribution < 1.29 is 14.0 Å². The molecule has 0 aliphatic heterocycles. The second kappa shape index (κ2) is 7.21. The lowest BCUT2D eigenvalue weighted by Crippen LogP contribution is -2.40. The molecule has 0 aliphatic carbocycles. The highest BCUT2D eigenvalue weighted by atomic mass is 19.1. The van der Waals surface area contributed by atoms with Crippen LogP contribution in [0.15, 0.2) is 18.2 Å². The fourth-order valence-corrected chi connectivity index (χ4v) is 1.49. The molecule has 3 N–H and O–H groups in total. The highest BCUT2D eigenvalue weighted by Crippen LogP contribution is 2.12. The molecular weight excluding hydrogens is 263 g/mol. The molecule has 0 saturated heterocycles. The molecule has 20 heavy (non-hydrogen) atoms. The van der Waals surface area contributed by atoms with Crippen LogP contribution in [0.2, 0.25) is 0 Å². The maximum atomic E-state index is 13.6. The average Bonchev–Trinajstić information content (AvgIpc) is 2.46. The fraction of sp³-hybridized carbons (Fsp3) is 0.308. The summed E-state index contributed by atoms with van der Waals surface area (Å²) in [5, 5.41) is 11.1. The first kappa shape index (κ1) is 15.6. The second-order valence-corrected chi connectivity index (χ2v) is 4.15. The Morgan fingerprint density at radius 3 is 2.80 bits per heavy atom. The van der Waals surface area contributed by atoms with Crippen LogP contribution in [0, 0.1) is 17.1 Å². The third kappa shape index (κ3) is 4.33. The second-order valence-electron chi connectivity index (χ2n) is 4.15. The zero-order valence-electron chi connectivity index (χ0n) is 11.0. The standard InChI is InChI=1S/C13H15FN4O2/c1-18(13(20)7-17-12(19)6-16)8-10-4-9(5-15)2-3-11(10)14/h2-4H,6-8,16H2,1H3,(H,17,19). The van der Waals surface area contributed by atoms with Gasteiger partial charge in [0.2, 0.25) is 11.8 Å². The summed E-state index contributed by atoms with van der Waals surface area (Å²) < 4.78 is 13.6. The third-order valence-electron chi connectivity index (χ3n) is 2.63. The van der Waals surface area contributed by atoms with E-state index in [-0.39, 0.29) is 31.1 Å². The minimum absolute atomic E-state index is 0.0126. The van der Waals surface area contributed by atoms with Crippen LogP contribution in [0.25, 0.3) is 0 Å². The number of nitrogens with zero attached hydrogens (tertiary/aromatic N) is 2. The van der Waals surface area contributed by atoms with E-state index in [4.69, 9.17) is 11.0 Å². The van der Waals surface area contributed by atoms with Gasteiger partial charge in [-0.3, -0.25) is 9.59 Å². The molecule has 7 heteroatoms. The molecule has 0 aliphatic rings. The number of rotatable bonds is 5. The number of carbonyl (C=O) groups is 2. The summed E-state index contributed by atoms with van der Waals surface area (Å²) in [6.45, 7) is -0.388. The summed E-state index contributed by atoms with van der Waals surface area (Å²) >= 11 is 0. The number of carbonyl (C=O) groups excluding carboxylic acids is 2. The van der Waals surface area contributed by atoms with E-state index in [1.54, 1.807) is 0 Å². The fourth-order valence-electron chi connectivity index (χ4n) is 1.49. The molecule has 106 valence electrons. The minimum atomic E-state index is -0.491. The van der Waals surface area contributed by atoms with Gasteiger partial charge in [0.15, 0.2) is 0 Å². The topological polar surface area (TPSA) is 99.2 Å². The van der Waals surface area contributed by atoms with Crippen molar-refractivity contribution in [2.24, 2.45) is 5.73 Å². The number of hydrogen-bond donors (Lipinski definition) is 2. The van der Waals surface area contributed by atoms with E-state index < -0.39 is 11.7 Å². The predicted molar refractivity (Wildman–Crippen MR) is 69.7 cm³/mol. The van der Waals surface area contributed by atoms with Gasteiger partial charge in [-0.2, -0.15) is 5.26 Å². The van der Waals surface area contributed by atoms with Gasteiger partial charge in [-0.15, -0.1) is 0 Å². The number of benzene rings is 1. The van der Waals surface area contributed by atoms with E-state index in [1.807, 2.05) is 6.07 Å². The van der Waals surface area contributed by atoms with Gasteiger partial charge in [-0.05, 0) is 18.2 Å². The quantitative estimate of drug-likeness (QED) is 0.774. The van der Waals surface area contributed by atoms with Crippen molar-refractivity contribution in [3.63, 3.8) is 0 Å². The van der Waals surface area contributed by atoms with Gasteiger partial charge in [-0.1, -0.05) is 0 Å². The van der Waals surface area contributed by atoms with E-state index in [1.165, 1.54) is 30.1 Å². The molecule has 0 saturated carbocycles. The number of nitrogens with one attached hydrogen (secondary N) is 1. The van der Waals surface area contributed by atoms with Crippen LogP contribution in [0.3, 0.4) is 0 Å². The molecular formula is C13H15FN4O2. The first-order chi connectivity index (χ1) is 9.47. The Balaban J connectivity index is 2.66. The van der Waals surface area contributed by atoms with Crippen molar-refractivity contribution in [3.05, 3.63) is 35.1 Å². The normalized spacial score (nSPS) is 9.70. The van der Waals surface area contributed by atoms with Crippen LogP contribution in [0.1, 0.15) is 11.1 Å². The van der Waals surface area contributed by atoms with Crippen molar-refractivity contribution in [1.82, 2.24) is 10.2 Å². The molecule has 0 aromatic heterocycles. The van der Waals surface area contributed by atoms with Crippen molar-refractivity contribution >= 4 is 11.8 Å². The number of likely N-dealkylation sites (N-methyl/N-ethyl adjacent to an activating group) is 1. The van der Waals surface area contributed by atoms with E-state index in [0.717, 1.165) is 0 Å². The van der Waals surface area contributed by atoms with Crippen LogP contribution in [-0.2, 0) is 16.1 Å². The molecule has 1 aromatic rings. The molecule has 2 amide bonds. The van der Waals surface area contributed by atoms with Crippen LogP contribution >= 0.6 is 0 Å². The summed E-state index contributed by atoms with van der Waals surface area (Å²) in [6.07, 6.45) is 0. The van der Waals surface area contributed by atoms with Crippen molar-refractivity contribution in [3.8, 4) is 6.07 Å². The molecule has 0 spiro atoms. The number of hydrogen-bond acceptors (Lipinski definition) is 4. The van der Waals surface area contributed by atoms with Gasteiger partial charge in [-0.25, -0.2) is 4.39 Å². The summed E-state index contributed by atoms with van der Waals surface area (Å²) in [7, 11) is 1.48. The number of halogens is 1. The first-order valence-electron chi connectivity index (χ1n) is 5.87. The SMILES string of the molecule is CN(Cc1cc(C#N)ccc1F)C(=O)CNC(=O)CN. The van der Waals surface area contributed by atoms with Crippen molar-refractivity contribution in [2.45, 2.75) is 6.54 Å². The van der Waals surface area contributed by atoms with E-state index >= 15 is 0 Å². The lowest BCUT2D eigenvalue weighted by atomic mass is 10.1. The molecule has 0 heterocycles. The van der Waals surface area contributed by atoms with Crippen LogP contribution < -0.4 is 11.1 Å². The number of amides is 2. The van der Waals surface area contributed by atoms with Crippen LogP contribution in [0.5, 0.6) is 0 Å². The maximum absolute atomic E-state index is 13.6. The van der Waals surface area contributed by atoms with E-state index in [9.17, 15) is 14.0 Å². The lowest BCUT2D eigenvalue weighted by Gasteiger charge is -2.18. The monoisotopic (exact) mass is 278 g/mol. The molecule has 0 atom stereocenters. The zero-order valence-corrected chi connectivity index (χ0v) is 11.0. The first-order valence-corrected chi connectivity index (χ1v) is 5.87. The molecule has 0 radical (unpaired) electrons. The van der Waals surface area contributed by atoms with Gasteiger partial charge < -0.3 is 16.0 Å². The third-order valence-corrected chi connectivity index (χ3v) is 2.63. The lowest BCUT2D eigenvalue weighted by molar-refractivity contribution is -0.131. The van der Waals surface area contributed by atoms with Gasteiger partial charge in [0.25, 0.3) is 0 Å². The Morgan fingerprint density at radius 2 is 2.20 bits per heavy atom. The average molecular weight is 278 g/mol.